The van der Waals surface area contributed by atoms with Crippen LogP contribution in [0.5, 0.6) is 0 Å². The van der Waals surface area contributed by atoms with Gasteiger partial charge in [0.2, 0.25) is 11.8 Å². The average Bonchev–Trinajstić information content (AvgIpc) is 3.92. The summed E-state index contributed by atoms with van der Waals surface area (Å²) in [5.41, 5.74) is 6.24. The van der Waals surface area contributed by atoms with Crippen molar-refractivity contribution in [3.05, 3.63) is 112 Å². The number of nitrogens with one attached hydrogen (secondary N) is 1. The molecular weight excluding hydrogens is 631 g/mol. The summed E-state index contributed by atoms with van der Waals surface area (Å²) in [6, 6.07) is 15.7. The number of aromatic nitrogens is 4. The van der Waals surface area contributed by atoms with Crippen LogP contribution in [0.15, 0.2) is 65.2 Å². The van der Waals surface area contributed by atoms with Crippen LogP contribution in [0.4, 0.5) is 14.6 Å². The molecule has 1 N–H and O–H groups in total. The summed E-state index contributed by atoms with van der Waals surface area (Å²) in [6.45, 7) is 2.43. The van der Waals surface area contributed by atoms with Gasteiger partial charge in [0.15, 0.2) is 0 Å². The largest absolute Gasteiger partial charge is 0.421 e. The molecule has 6 aromatic rings. The van der Waals surface area contributed by atoms with Crippen LogP contribution in [0.2, 0.25) is 0 Å². The highest BCUT2D eigenvalue weighted by Gasteiger charge is 2.45. The maximum Gasteiger partial charge on any atom is 0.257 e. The van der Waals surface area contributed by atoms with Gasteiger partial charge in [-0.1, -0.05) is 24.3 Å². The zero-order valence-electron chi connectivity index (χ0n) is 26.1. The quantitative estimate of drug-likeness (QED) is 0.185. The maximum atomic E-state index is 14.5. The van der Waals surface area contributed by atoms with Gasteiger partial charge in [0, 0.05) is 30.1 Å². The van der Waals surface area contributed by atoms with E-state index in [1.165, 1.54) is 18.2 Å². The summed E-state index contributed by atoms with van der Waals surface area (Å²) in [7, 11) is 0. The number of hydrogen-bond donors (Lipinski definition) is 1. The van der Waals surface area contributed by atoms with Crippen molar-refractivity contribution in [2.24, 2.45) is 0 Å². The van der Waals surface area contributed by atoms with Gasteiger partial charge in [0.25, 0.3) is 5.91 Å². The van der Waals surface area contributed by atoms with Crippen LogP contribution < -0.4 is 5.32 Å². The average molecular weight is 661 g/mol. The highest BCUT2D eigenvalue weighted by molar-refractivity contribution is 7.23. The lowest BCUT2D eigenvalue weighted by atomic mass is 9.93. The molecule has 240 valence electrons. The molecule has 2 aromatic carbocycles. The first-order valence-corrected chi connectivity index (χ1v) is 17.1. The predicted octanol–water partition coefficient (Wildman–Crippen LogP) is 8.17. The molecule has 9 rings (SSSR count). The molecule has 3 aliphatic rings. The third-order valence-electron chi connectivity index (χ3n) is 9.85. The first-order valence-electron chi connectivity index (χ1n) is 16.3. The third-order valence-corrected chi connectivity index (χ3v) is 11.0. The Bertz CT molecular complexity index is 2250. The van der Waals surface area contributed by atoms with Crippen LogP contribution >= 0.6 is 11.3 Å². The zero-order chi connectivity index (χ0) is 32.5. The van der Waals surface area contributed by atoms with Gasteiger partial charge < -0.3 is 14.6 Å². The van der Waals surface area contributed by atoms with Crippen molar-refractivity contribution in [1.82, 2.24) is 25.1 Å². The first-order chi connectivity index (χ1) is 23.4. The number of nitrogens with zero attached hydrogens (tertiary/aromatic N) is 5. The second-order valence-corrected chi connectivity index (χ2v) is 13.8. The van der Waals surface area contributed by atoms with E-state index in [-0.39, 0.29) is 29.6 Å². The fourth-order valence-electron chi connectivity index (χ4n) is 7.63. The molecule has 48 heavy (non-hydrogen) atoms. The van der Waals surface area contributed by atoms with Gasteiger partial charge in [0.1, 0.15) is 17.5 Å². The molecule has 8 nitrogen and oxygen atoms in total. The highest BCUT2D eigenvalue weighted by Crippen LogP contribution is 2.50. The standard InChI is InChI=1S/C37H30F2N6O2S/c1-19-43-44-36(47-19)30-27(13-9-20-7-10-22(38)11-8-20)41-33-28-6-3-17-45(28)37(46)32(33)31(30)29-18-21-15-16-40-35(34(21)48-29)42-26-14-12-23-24(26)4-2-5-25(23)39/h2,4-5,7-8,10-11,15-16,18,26,28H,3,6,9,12-14,17H2,1H3,(H,40,42)/t26-,28?/m1/s1. The Kier molecular flexibility index (Phi) is 6.86. The monoisotopic (exact) mass is 660 g/mol. The minimum atomic E-state index is -0.282. The van der Waals surface area contributed by atoms with E-state index in [1.807, 2.05) is 17.0 Å². The van der Waals surface area contributed by atoms with E-state index >= 15 is 0 Å². The molecule has 0 radical (unpaired) electrons. The topological polar surface area (TPSA) is 97.0 Å². The Balaban J connectivity index is 1.21. The van der Waals surface area contributed by atoms with E-state index in [2.05, 4.69) is 21.6 Å². The summed E-state index contributed by atoms with van der Waals surface area (Å²) in [5.74, 6) is 0.956. The molecule has 2 atom stereocenters. The Morgan fingerprint density at radius 1 is 1.02 bits per heavy atom. The maximum absolute atomic E-state index is 14.5. The summed E-state index contributed by atoms with van der Waals surface area (Å²) >= 11 is 1.55. The van der Waals surface area contributed by atoms with E-state index < -0.39 is 0 Å². The van der Waals surface area contributed by atoms with E-state index in [0.29, 0.717) is 48.7 Å². The van der Waals surface area contributed by atoms with Crippen LogP contribution in [-0.4, -0.2) is 37.5 Å². The van der Waals surface area contributed by atoms with Crippen molar-refractivity contribution in [3.63, 3.8) is 0 Å². The SMILES string of the molecule is Cc1nnc(-c2c(CCc3ccc(F)cc3)nc3c(c2-c2cc4ccnc(N[C@@H]5CCc6c(F)cccc65)c4s2)C(=O)N2CCCC32)o1. The number of fused-ring (bicyclic) bond motifs is 5. The highest BCUT2D eigenvalue weighted by atomic mass is 32.1. The number of rotatable bonds is 7. The fourth-order valence-corrected chi connectivity index (χ4v) is 8.80. The molecule has 1 fully saturated rings. The molecule has 1 unspecified atom stereocenters. The molecule has 1 saturated heterocycles. The normalized spacial score (nSPS) is 18.1. The number of aryl methyl sites for hydroxylation is 3. The summed E-state index contributed by atoms with van der Waals surface area (Å²) in [4.78, 5) is 26.9. The van der Waals surface area contributed by atoms with Crippen molar-refractivity contribution in [2.45, 2.75) is 57.5 Å². The number of amides is 1. The first kappa shape index (κ1) is 29.1. The van der Waals surface area contributed by atoms with Gasteiger partial charge in [-0.2, -0.15) is 0 Å². The van der Waals surface area contributed by atoms with Crippen LogP contribution in [0, 0.1) is 18.6 Å². The van der Waals surface area contributed by atoms with Crippen LogP contribution in [0.25, 0.3) is 32.0 Å². The molecule has 6 heterocycles. The molecule has 1 amide bonds. The number of carbonyl (C=O) groups excluding carboxylic acids is 1. The predicted molar refractivity (Wildman–Crippen MR) is 179 cm³/mol. The van der Waals surface area contributed by atoms with Gasteiger partial charge in [-0.05, 0) is 90.9 Å². The summed E-state index contributed by atoms with van der Waals surface area (Å²) in [5, 5.41) is 13.2. The van der Waals surface area contributed by atoms with E-state index in [4.69, 9.17) is 14.4 Å². The Hall–Kier alpha value is -5.03. The van der Waals surface area contributed by atoms with Crippen molar-refractivity contribution < 1.29 is 18.0 Å². The molecule has 0 bridgehead atoms. The van der Waals surface area contributed by atoms with Crippen molar-refractivity contribution in [2.75, 3.05) is 11.9 Å². The number of anilines is 1. The smallest absolute Gasteiger partial charge is 0.257 e. The van der Waals surface area contributed by atoms with Crippen molar-refractivity contribution >= 4 is 33.1 Å². The number of carbonyl (C=O) groups is 1. The third kappa shape index (κ3) is 4.70. The Morgan fingerprint density at radius 2 is 1.90 bits per heavy atom. The number of halogens is 2. The molecule has 2 aliphatic heterocycles. The van der Waals surface area contributed by atoms with Crippen molar-refractivity contribution in [3.8, 4) is 21.9 Å². The summed E-state index contributed by atoms with van der Waals surface area (Å²) < 4.78 is 35.3. The van der Waals surface area contributed by atoms with Gasteiger partial charge in [-0.3, -0.25) is 9.78 Å². The second kappa shape index (κ2) is 11.3. The second-order valence-electron chi connectivity index (χ2n) is 12.7. The molecule has 4 aromatic heterocycles. The number of thiophene rings is 1. The van der Waals surface area contributed by atoms with E-state index in [0.717, 1.165) is 73.7 Å². The lowest BCUT2D eigenvalue weighted by Gasteiger charge is -2.16. The molecule has 1 aliphatic carbocycles. The van der Waals surface area contributed by atoms with Gasteiger partial charge in [-0.25, -0.2) is 13.8 Å². The van der Waals surface area contributed by atoms with Gasteiger partial charge >= 0.3 is 0 Å². The molecule has 11 heteroatoms. The van der Waals surface area contributed by atoms with Crippen LogP contribution in [0.3, 0.4) is 0 Å². The Morgan fingerprint density at radius 3 is 2.73 bits per heavy atom. The Labute approximate surface area is 278 Å². The van der Waals surface area contributed by atoms with E-state index in [1.54, 1.807) is 42.7 Å². The van der Waals surface area contributed by atoms with Crippen LogP contribution in [0.1, 0.15) is 75.7 Å². The minimum Gasteiger partial charge on any atom is -0.421 e. The molecular formula is C37H30F2N6O2S. The molecule has 0 saturated carbocycles. The minimum absolute atomic E-state index is 0.0314. The van der Waals surface area contributed by atoms with Crippen LogP contribution in [-0.2, 0) is 19.3 Å². The lowest BCUT2D eigenvalue weighted by Crippen LogP contribution is -2.22. The summed E-state index contributed by atoms with van der Waals surface area (Å²) in [6.07, 6.45) is 6.14. The van der Waals surface area contributed by atoms with Gasteiger partial charge in [-0.15, -0.1) is 21.5 Å². The molecule has 0 spiro atoms. The fraction of sp³-hybridized carbons (Fsp3) is 0.270. The van der Waals surface area contributed by atoms with E-state index in [9.17, 15) is 13.6 Å². The van der Waals surface area contributed by atoms with Crippen molar-refractivity contribution in [1.29, 1.82) is 0 Å². The zero-order valence-corrected chi connectivity index (χ0v) is 26.9. The number of benzene rings is 2. The lowest BCUT2D eigenvalue weighted by molar-refractivity contribution is 0.0776. The van der Waals surface area contributed by atoms with Gasteiger partial charge in [0.05, 0.1) is 39.3 Å². The number of hydrogen-bond acceptors (Lipinski definition) is 8. The number of pyridine rings is 2.